The molecule has 1 aliphatic heterocycles. The normalized spacial score (nSPS) is 24.3. The Kier molecular flexibility index (Phi) is 6.20. The molecule has 1 fully saturated rings. The highest BCUT2D eigenvalue weighted by atomic mass is 35.6. The van der Waals surface area contributed by atoms with Crippen molar-refractivity contribution in [1.29, 1.82) is 0 Å². The van der Waals surface area contributed by atoms with Gasteiger partial charge < -0.3 is 10.1 Å². The third kappa shape index (κ3) is 5.23. The molecule has 0 spiro atoms. The molecular weight excluding hydrogens is 359 g/mol. The Morgan fingerprint density at radius 1 is 1.30 bits per heavy atom. The van der Waals surface area contributed by atoms with Gasteiger partial charge in [-0.05, 0) is 32.9 Å². The van der Waals surface area contributed by atoms with Crippen LogP contribution in [0.2, 0.25) is 0 Å². The second-order valence-corrected chi connectivity index (χ2v) is 8.37. The first kappa shape index (κ1) is 18.8. The van der Waals surface area contributed by atoms with Crippen LogP contribution in [0.1, 0.15) is 29.8 Å². The van der Waals surface area contributed by atoms with Gasteiger partial charge in [0.1, 0.15) is 6.17 Å². The number of halogens is 3. The van der Waals surface area contributed by atoms with E-state index in [1.165, 1.54) is 0 Å². The molecular formula is C16H21Cl3N2O2. The number of hydrogen-bond donors (Lipinski definition) is 1. The minimum atomic E-state index is -1.64. The number of alkyl halides is 3. The lowest BCUT2D eigenvalue weighted by molar-refractivity contribution is -0.0826. The lowest BCUT2D eigenvalue weighted by Gasteiger charge is -2.42. The van der Waals surface area contributed by atoms with Gasteiger partial charge in [0.2, 0.25) is 3.79 Å². The lowest BCUT2D eigenvalue weighted by Crippen LogP contribution is -2.60. The van der Waals surface area contributed by atoms with Crippen LogP contribution in [0.15, 0.2) is 24.3 Å². The number of carbonyl (C=O) groups excluding carboxylic acids is 1. The Labute approximate surface area is 152 Å². The molecule has 0 bridgehead atoms. The topological polar surface area (TPSA) is 41.6 Å². The van der Waals surface area contributed by atoms with E-state index in [1.54, 1.807) is 12.1 Å². The number of carbonyl (C=O) groups is 1. The summed E-state index contributed by atoms with van der Waals surface area (Å²) in [5, 5.41) is 2.85. The van der Waals surface area contributed by atoms with Crippen LogP contribution in [0.3, 0.4) is 0 Å². The standard InChI is InChI=1S/C16H21Cl3N2O2/c1-10-5-4-6-13(7-10)14(22)20-15(16(17,18)19)21-8-11(2)23-12(3)9-21/h4-7,11-12,15H,8-9H2,1-3H3,(H,20,22)/t11-,12+,15-/m0/s1. The molecule has 1 aromatic carbocycles. The van der Waals surface area contributed by atoms with Crippen molar-refractivity contribution in [3.8, 4) is 0 Å². The smallest absolute Gasteiger partial charge is 0.252 e. The van der Waals surface area contributed by atoms with E-state index in [2.05, 4.69) is 5.32 Å². The zero-order valence-corrected chi connectivity index (χ0v) is 15.6. The fourth-order valence-electron chi connectivity index (χ4n) is 2.80. The van der Waals surface area contributed by atoms with Gasteiger partial charge in [-0.2, -0.15) is 0 Å². The summed E-state index contributed by atoms with van der Waals surface area (Å²) in [6, 6.07) is 7.29. The van der Waals surface area contributed by atoms with Gasteiger partial charge in [0.05, 0.1) is 12.2 Å². The first-order chi connectivity index (χ1) is 10.7. The van der Waals surface area contributed by atoms with E-state index in [0.717, 1.165) is 5.56 Å². The zero-order valence-electron chi connectivity index (χ0n) is 13.4. The summed E-state index contributed by atoms with van der Waals surface area (Å²) in [6.07, 6.45) is -0.719. The average Bonchev–Trinajstić information content (AvgIpc) is 2.42. The van der Waals surface area contributed by atoms with Crippen molar-refractivity contribution in [2.75, 3.05) is 13.1 Å². The first-order valence-electron chi connectivity index (χ1n) is 7.50. The van der Waals surface area contributed by atoms with Crippen molar-refractivity contribution >= 4 is 40.7 Å². The molecule has 1 aromatic rings. The second kappa shape index (κ2) is 7.58. The number of benzene rings is 1. The quantitative estimate of drug-likeness (QED) is 0.817. The minimum absolute atomic E-state index is 0.00414. The van der Waals surface area contributed by atoms with Crippen molar-refractivity contribution < 1.29 is 9.53 Å². The highest BCUT2D eigenvalue weighted by molar-refractivity contribution is 6.68. The van der Waals surface area contributed by atoms with E-state index in [0.29, 0.717) is 18.7 Å². The second-order valence-electron chi connectivity index (χ2n) is 6.00. The Hall–Kier alpha value is -0.520. The van der Waals surface area contributed by atoms with Crippen LogP contribution < -0.4 is 5.32 Å². The lowest BCUT2D eigenvalue weighted by atomic mass is 10.1. The number of nitrogens with one attached hydrogen (secondary N) is 1. The van der Waals surface area contributed by atoms with Gasteiger partial charge in [-0.3, -0.25) is 9.69 Å². The van der Waals surface area contributed by atoms with E-state index in [9.17, 15) is 4.79 Å². The molecule has 7 heteroatoms. The third-order valence-electron chi connectivity index (χ3n) is 3.67. The van der Waals surface area contributed by atoms with Crippen molar-refractivity contribution in [3.63, 3.8) is 0 Å². The summed E-state index contributed by atoms with van der Waals surface area (Å²) < 4.78 is 4.06. The average molecular weight is 380 g/mol. The van der Waals surface area contributed by atoms with Crippen molar-refractivity contribution in [2.24, 2.45) is 0 Å². The van der Waals surface area contributed by atoms with E-state index < -0.39 is 9.96 Å². The maximum Gasteiger partial charge on any atom is 0.252 e. The zero-order chi connectivity index (χ0) is 17.2. The SMILES string of the molecule is Cc1cccc(C(=O)N[C@@H](N2C[C@@H](C)O[C@@H](C)C2)C(Cl)(Cl)Cl)c1. The van der Waals surface area contributed by atoms with Crippen molar-refractivity contribution in [3.05, 3.63) is 35.4 Å². The summed E-state index contributed by atoms with van der Waals surface area (Å²) in [7, 11) is 0. The maximum atomic E-state index is 12.5. The molecule has 0 aliphatic carbocycles. The molecule has 1 N–H and O–H groups in total. The van der Waals surface area contributed by atoms with Gasteiger partial charge in [-0.25, -0.2) is 0 Å². The molecule has 23 heavy (non-hydrogen) atoms. The number of nitrogens with zero attached hydrogens (tertiary/aromatic N) is 1. The molecule has 0 aromatic heterocycles. The first-order valence-corrected chi connectivity index (χ1v) is 8.64. The number of morpholine rings is 1. The van der Waals surface area contributed by atoms with Gasteiger partial charge in [0.15, 0.2) is 0 Å². The molecule has 2 rings (SSSR count). The molecule has 0 radical (unpaired) electrons. The highest BCUT2D eigenvalue weighted by Crippen LogP contribution is 2.33. The van der Waals surface area contributed by atoms with Gasteiger partial charge in [-0.15, -0.1) is 0 Å². The predicted octanol–water partition coefficient (Wildman–Crippen LogP) is 3.53. The molecule has 0 unspecified atom stereocenters. The molecule has 4 nitrogen and oxygen atoms in total. The number of ether oxygens (including phenoxy) is 1. The van der Waals surface area contributed by atoms with Gasteiger partial charge >= 0.3 is 0 Å². The van der Waals surface area contributed by atoms with Crippen LogP contribution in [-0.4, -0.2) is 46.1 Å². The number of hydrogen-bond acceptors (Lipinski definition) is 3. The fraction of sp³-hybridized carbons (Fsp3) is 0.562. The summed E-state index contributed by atoms with van der Waals surface area (Å²) in [6.45, 7) is 7.00. The Balaban J connectivity index is 2.17. The Bertz CT molecular complexity index is 553. The summed E-state index contributed by atoms with van der Waals surface area (Å²) in [4.78, 5) is 14.5. The molecule has 1 aliphatic rings. The molecule has 128 valence electrons. The van der Waals surface area contributed by atoms with E-state index in [4.69, 9.17) is 39.5 Å². The van der Waals surface area contributed by atoms with E-state index >= 15 is 0 Å². The van der Waals surface area contributed by atoms with Gasteiger partial charge in [0.25, 0.3) is 5.91 Å². The van der Waals surface area contributed by atoms with E-state index in [1.807, 2.05) is 37.8 Å². The molecule has 0 saturated carbocycles. The number of rotatable bonds is 3. The molecule has 3 atom stereocenters. The van der Waals surface area contributed by atoms with Gasteiger partial charge in [-0.1, -0.05) is 52.5 Å². The van der Waals surface area contributed by atoms with Crippen molar-refractivity contribution in [2.45, 2.75) is 42.9 Å². The highest BCUT2D eigenvalue weighted by Gasteiger charge is 2.41. The minimum Gasteiger partial charge on any atom is -0.373 e. The monoisotopic (exact) mass is 378 g/mol. The molecule has 1 heterocycles. The van der Waals surface area contributed by atoms with Crippen LogP contribution >= 0.6 is 34.8 Å². The largest absolute Gasteiger partial charge is 0.373 e. The van der Waals surface area contributed by atoms with Crippen LogP contribution in [0, 0.1) is 6.92 Å². The predicted molar refractivity (Wildman–Crippen MR) is 94.3 cm³/mol. The third-order valence-corrected chi connectivity index (χ3v) is 4.29. The molecule has 1 amide bonds. The summed E-state index contributed by atoms with van der Waals surface area (Å²) >= 11 is 18.4. The summed E-state index contributed by atoms with van der Waals surface area (Å²) in [5.74, 6) is -0.267. The number of amides is 1. The van der Waals surface area contributed by atoms with E-state index in [-0.39, 0.29) is 18.1 Å². The van der Waals surface area contributed by atoms with Crippen LogP contribution in [0.5, 0.6) is 0 Å². The van der Waals surface area contributed by atoms with Crippen LogP contribution in [0.4, 0.5) is 0 Å². The summed E-state index contributed by atoms with van der Waals surface area (Å²) in [5.41, 5.74) is 1.54. The maximum absolute atomic E-state index is 12.5. The Morgan fingerprint density at radius 2 is 1.91 bits per heavy atom. The van der Waals surface area contributed by atoms with Crippen LogP contribution in [-0.2, 0) is 4.74 Å². The number of aryl methyl sites for hydroxylation is 1. The van der Waals surface area contributed by atoms with Crippen molar-refractivity contribution in [1.82, 2.24) is 10.2 Å². The fourth-order valence-corrected chi connectivity index (χ4v) is 3.38. The van der Waals surface area contributed by atoms with Gasteiger partial charge in [0, 0.05) is 18.7 Å². The Morgan fingerprint density at radius 3 is 2.43 bits per heavy atom. The molecule has 1 saturated heterocycles. The van der Waals surface area contributed by atoms with Crippen LogP contribution in [0.25, 0.3) is 0 Å².